The molecule has 0 amide bonds. The molecule has 0 saturated carbocycles. The van der Waals surface area contributed by atoms with Gasteiger partial charge in [-0.05, 0) is 24.6 Å². The lowest BCUT2D eigenvalue weighted by molar-refractivity contribution is 0.320. The Labute approximate surface area is 93.9 Å². The summed E-state index contributed by atoms with van der Waals surface area (Å²) in [6.45, 7) is 1.42. The molecule has 15 heavy (non-hydrogen) atoms. The lowest BCUT2D eigenvalue weighted by Gasteiger charge is -2.09. The molecule has 0 heterocycles. The molecule has 4 nitrogen and oxygen atoms in total. The van der Waals surface area contributed by atoms with Gasteiger partial charge in [-0.3, -0.25) is 4.72 Å². The van der Waals surface area contributed by atoms with Crippen molar-refractivity contribution < 1.29 is 13.5 Å². The lowest BCUT2D eigenvalue weighted by Crippen LogP contribution is -2.19. The molecule has 6 heteroatoms. The third-order valence-corrected chi connectivity index (χ3v) is 3.33. The average Bonchev–Trinajstić information content (AvgIpc) is 2.10. The Morgan fingerprint density at radius 3 is 2.73 bits per heavy atom. The molecule has 1 aromatic carbocycles. The first-order valence-corrected chi connectivity index (χ1v) is 6.35. The fourth-order valence-electron chi connectivity index (χ4n) is 1.06. The molecule has 0 aromatic heterocycles. The molecule has 0 fully saturated rings. The second kappa shape index (κ2) is 4.83. The van der Waals surface area contributed by atoms with Crippen LogP contribution in [0.25, 0.3) is 0 Å². The number of aliphatic hydroxyl groups is 1. The Bertz CT molecular complexity index is 445. The highest BCUT2D eigenvalue weighted by Crippen LogP contribution is 2.23. The monoisotopic (exact) mass is 249 g/mol. The Kier molecular flexibility index (Phi) is 3.96. The topological polar surface area (TPSA) is 66.4 Å². The van der Waals surface area contributed by atoms with E-state index >= 15 is 0 Å². The van der Waals surface area contributed by atoms with E-state index in [-0.39, 0.29) is 5.75 Å². The minimum atomic E-state index is -3.51. The summed E-state index contributed by atoms with van der Waals surface area (Å²) in [5, 5.41) is 8.89. The van der Waals surface area contributed by atoms with E-state index in [2.05, 4.69) is 4.72 Å². The molecule has 0 radical (unpaired) electrons. The summed E-state index contributed by atoms with van der Waals surface area (Å²) < 4.78 is 25.0. The van der Waals surface area contributed by atoms with Gasteiger partial charge in [0, 0.05) is 0 Å². The number of halogens is 1. The zero-order chi connectivity index (χ0) is 11.5. The maximum atomic E-state index is 11.3. The normalized spacial score (nSPS) is 11.4. The fourth-order valence-corrected chi connectivity index (χ4v) is 2.12. The fraction of sp³-hybridized carbons (Fsp3) is 0.333. The van der Waals surface area contributed by atoms with Crippen LogP contribution in [0.4, 0.5) is 5.69 Å². The van der Waals surface area contributed by atoms with Crippen LogP contribution in [-0.4, -0.2) is 25.9 Å². The SMILES string of the molecule is Cc1ccc(Cl)c(NS(=O)(=O)CCO)c1. The number of aryl methyl sites for hydroxylation is 1. The van der Waals surface area contributed by atoms with Crippen molar-refractivity contribution in [3.63, 3.8) is 0 Å². The highest BCUT2D eigenvalue weighted by Gasteiger charge is 2.11. The van der Waals surface area contributed by atoms with Crippen LogP contribution in [0, 0.1) is 6.92 Å². The highest BCUT2D eigenvalue weighted by molar-refractivity contribution is 7.92. The number of aliphatic hydroxyl groups excluding tert-OH is 1. The molecule has 0 atom stereocenters. The number of anilines is 1. The average molecular weight is 250 g/mol. The molecule has 0 spiro atoms. The maximum absolute atomic E-state index is 11.3. The number of sulfonamides is 1. The first-order valence-electron chi connectivity index (χ1n) is 4.32. The zero-order valence-electron chi connectivity index (χ0n) is 8.20. The van der Waals surface area contributed by atoms with Crippen LogP contribution in [0.3, 0.4) is 0 Å². The summed E-state index contributed by atoms with van der Waals surface area (Å²) in [5.74, 6) is -0.336. The van der Waals surface area contributed by atoms with Crippen LogP contribution in [0.5, 0.6) is 0 Å². The summed E-state index contributed by atoms with van der Waals surface area (Å²) in [6.07, 6.45) is 0. The standard InChI is InChI=1S/C9H12ClNO3S/c1-7-2-3-8(10)9(6-7)11-15(13,14)5-4-12/h2-3,6,11-12H,4-5H2,1H3. The summed E-state index contributed by atoms with van der Waals surface area (Å²) in [6, 6.07) is 5.04. The predicted molar refractivity (Wildman–Crippen MR) is 60.7 cm³/mol. The van der Waals surface area contributed by atoms with E-state index in [0.29, 0.717) is 10.7 Å². The van der Waals surface area contributed by atoms with E-state index in [0.717, 1.165) is 5.56 Å². The predicted octanol–water partition coefficient (Wildman–Crippen LogP) is 1.38. The van der Waals surface area contributed by atoms with Gasteiger partial charge in [0.15, 0.2) is 0 Å². The molecule has 1 rings (SSSR count). The third-order valence-electron chi connectivity index (χ3n) is 1.75. The minimum absolute atomic E-state index is 0.335. The van der Waals surface area contributed by atoms with Crippen LogP contribution in [-0.2, 0) is 10.0 Å². The van der Waals surface area contributed by atoms with Crippen molar-refractivity contribution in [1.29, 1.82) is 0 Å². The Morgan fingerprint density at radius 2 is 2.13 bits per heavy atom. The van der Waals surface area contributed by atoms with Gasteiger partial charge in [-0.25, -0.2) is 8.42 Å². The number of benzene rings is 1. The van der Waals surface area contributed by atoms with Gasteiger partial charge >= 0.3 is 0 Å². The molecule has 0 saturated heterocycles. The minimum Gasteiger partial charge on any atom is -0.395 e. The maximum Gasteiger partial charge on any atom is 0.235 e. The van der Waals surface area contributed by atoms with Crippen LogP contribution in [0.15, 0.2) is 18.2 Å². The van der Waals surface area contributed by atoms with Gasteiger partial charge in [-0.15, -0.1) is 0 Å². The molecule has 0 aliphatic carbocycles. The Morgan fingerprint density at radius 1 is 1.47 bits per heavy atom. The molecule has 1 aromatic rings. The van der Waals surface area contributed by atoms with Gasteiger partial charge in [0.05, 0.1) is 23.1 Å². The smallest absolute Gasteiger partial charge is 0.235 e. The van der Waals surface area contributed by atoms with Crippen molar-refractivity contribution in [2.24, 2.45) is 0 Å². The van der Waals surface area contributed by atoms with Gasteiger partial charge in [-0.2, -0.15) is 0 Å². The summed E-state index contributed by atoms with van der Waals surface area (Å²) >= 11 is 5.81. The largest absolute Gasteiger partial charge is 0.395 e. The molecular weight excluding hydrogens is 238 g/mol. The quantitative estimate of drug-likeness (QED) is 0.847. The van der Waals surface area contributed by atoms with Crippen LogP contribution < -0.4 is 4.72 Å². The third kappa shape index (κ3) is 3.70. The second-order valence-corrected chi connectivity index (χ2v) is 5.38. The van der Waals surface area contributed by atoms with Crippen molar-refractivity contribution in [2.45, 2.75) is 6.92 Å². The van der Waals surface area contributed by atoms with Gasteiger partial charge in [0.25, 0.3) is 0 Å². The first-order chi connectivity index (χ1) is 6.94. The molecule has 84 valence electrons. The lowest BCUT2D eigenvalue weighted by atomic mass is 10.2. The van der Waals surface area contributed by atoms with Crippen LogP contribution in [0.1, 0.15) is 5.56 Å². The number of nitrogens with one attached hydrogen (secondary N) is 1. The number of hydrogen-bond acceptors (Lipinski definition) is 3. The molecule has 0 aliphatic rings. The zero-order valence-corrected chi connectivity index (χ0v) is 9.77. The summed E-state index contributed by atoms with van der Waals surface area (Å²) in [5.41, 5.74) is 1.24. The number of hydrogen-bond donors (Lipinski definition) is 2. The van der Waals surface area contributed by atoms with E-state index in [9.17, 15) is 8.42 Å². The van der Waals surface area contributed by atoms with E-state index in [1.807, 2.05) is 6.92 Å². The van der Waals surface area contributed by atoms with E-state index in [1.54, 1.807) is 18.2 Å². The molecule has 0 unspecified atom stereocenters. The van der Waals surface area contributed by atoms with Gasteiger partial charge in [-0.1, -0.05) is 17.7 Å². The second-order valence-electron chi connectivity index (χ2n) is 3.13. The van der Waals surface area contributed by atoms with E-state index < -0.39 is 16.6 Å². The van der Waals surface area contributed by atoms with Gasteiger partial charge < -0.3 is 5.11 Å². The Balaban J connectivity index is 2.94. The summed E-state index contributed by atoms with van der Waals surface area (Å²) in [4.78, 5) is 0. The molecule has 0 bridgehead atoms. The van der Waals surface area contributed by atoms with Crippen molar-refractivity contribution in [1.82, 2.24) is 0 Å². The highest BCUT2D eigenvalue weighted by atomic mass is 35.5. The van der Waals surface area contributed by atoms with E-state index in [4.69, 9.17) is 16.7 Å². The van der Waals surface area contributed by atoms with Gasteiger partial charge in [0.2, 0.25) is 10.0 Å². The van der Waals surface area contributed by atoms with Crippen LogP contribution >= 0.6 is 11.6 Å². The summed E-state index contributed by atoms with van der Waals surface area (Å²) in [7, 11) is -3.51. The Hall–Kier alpha value is -0.780. The molecule has 2 N–H and O–H groups in total. The molecular formula is C9H12ClNO3S. The van der Waals surface area contributed by atoms with E-state index in [1.165, 1.54) is 0 Å². The van der Waals surface area contributed by atoms with Gasteiger partial charge in [0.1, 0.15) is 0 Å². The van der Waals surface area contributed by atoms with Crippen molar-refractivity contribution in [3.05, 3.63) is 28.8 Å². The van der Waals surface area contributed by atoms with Crippen molar-refractivity contribution in [2.75, 3.05) is 17.1 Å². The van der Waals surface area contributed by atoms with Crippen molar-refractivity contribution >= 4 is 27.3 Å². The first kappa shape index (κ1) is 12.3. The molecule has 0 aliphatic heterocycles. The van der Waals surface area contributed by atoms with Crippen LogP contribution in [0.2, 0.25) is 5.02 Å². The number of rotatable bonds is 4. The van der Waals surface area contributed by atoms with Crippen molar-refractivity contribution in [3.8, 4) is 0 Å².